The molecule has 3 N–H and O–H groups in total. The molecule has 0 aliphatic carbocycles. The largest absolute Gasteiger partial charge is 0.477 e. The van der Waals surface area contributed by atoms with E-state index in [-0.39, 0.29) is 11.6 Å². The van der Waals surface area contributed by atoms with Crippen molar-refractivity contribution in [3.05, 3.63) is 29.6 Å². The molecule has 2 rings (SSSR count). The molecule has 1 saturated heterocycles. The molecule has 108 valence electrons. The number of nitrogens with one attached hydrogen (secondary N) is 2. The van der Waals surface area contributed by atoms with Crippen molar-refractivity contribution < 1.29 is 14.7 Å². The van der Waals surface area contributed by atoms with Gasteiger partial charge in [-0.15, -0.1) is 0 Å². The lowest BCUT2D eigenvalue weighted by molar-refractivity contribution is -0.128. The molecule has 6 nitrogen and oxygen atoms in total. The summed E-state index contributed by atoms with van der Waals surface area (Å²) in [6.45, 7) is 3.12. The van der Waals surface area contributed by atoms with E-state index in [0.29, 0.717) is 6.54 Å². The van der Waals surface area contributed by atoms with E-state index in [1.807, 2.05) is 6.92 Å². The van der Waals surface area contributed by atoms with Crippen molar-refractivity contribution >= 4 is 11.9 Å². The van der Waals surface area contributed by atoms with Crippen LogP contribution < -0.4 is 10.6 Å². The summed E-state index contributed by atoms with van der Waals surface area (Å²) in [6.07, 6.45) is 4.45. The third kappa shape index (κ3) is 3.33. The van der Waals surface area contributed by atoms with Crippen molar-refractivity contribution in [2.24, 2.45) is 0 Å². The van der Waals surface area contributed by atoms with Crippen LogP contribution in [0.2, 0.25) is 0 Å². The van der Waals surface area contributed by atoms with Gasteiger partial charge < -0.3 is 15.7 Å². The van der Waals surface area contributed by atoms with Crippen molar-refractivity contribution in [3.8, 4) is 0 Å². The highest BCUT2D eigenvalue weighted by atomic mass is 16.4. The van der Waals surface area contributed by atoms with Crippen molar-refractivity contribution in [1.29, 1.82) is 0 Å². The maximum absolute atomic E-state index is 12.2. The molecule has 0 bridgehead atoms. The molecule has 2 heterocycles. The number of carboxylic acid groups (broad SMARTS) is 1. The Morgan fingerprint density at radius 3 is 2.80 bits per heavy atom. The first-order chi connectivity index (χ1) is 9.51. The minimum absolute atomic E-state index is 0.000913. The highest BCUT2D eigenvalue weighted by Crippen LogP contribution is 2.18. The molecule has 1 aromatic rings. The molecule has 1 fully saturated rings. The quantitative estimate of drug-likeness (QED) is 0.761. The van der Waals surface area contributed by atoms with Crippen LogP contribution in [0.15, 0.2) is 18.3 Å². The van der Waals surface area contributed by atoms with Crippen molar-refractivity contribution in [2.75, 3.05) is 6.54 Å². The molecule has 1 aliphatic heterocycles. The van der Waals surface area contributed by atoms with Crippen molar-refractivity contribution in [3.63, 3.8) is 0 Å². The molecule has 1 atom stereocenters. The smallest absolute Gasteiger partial charge is 0.354 e. The second-order valence-electron chi connectivity index (χ2n) is 5.26. The minimum Gasteiger partial charge on any atom is -0.477 e. The number of piperidine rings is 1. The number of hydrogen-bond donors (Lipinski definition) is 3. The third-order valence-corrected chi connectivity index (χ3v) is 3.62. The van der Waals surface area contributed by atoms with Gasteiger partial charge in [0.2, 0.25) is 5.91 Å². The second kappa shape index (κ2) is 6.00. The molecule has 0 aromatic carbocycles. The van der Waals surface area contributed by atoms with Gasteiger partial charge in [-0.1, -0.05) is 6.07 Å². The van der Waals surface area contributed by atoms with E-state index in [2.05, 4.69) is 15.6 Å². The summed E-state index contributed by atoms with van der Waals surface area (Å²) < 4.78 is 0. The second-order valence-corrected chi connectivity index (χ2v) is 5.26. The Kier molecular flexibility index (Phi) is 4.34. The van der Waals surface area contributed by atoms with E-state index < -0.39 is 11.5 Å². The molecule has 20 heavy (non-hydrogen) atoms. The third-order valence-electron chi connectivity index (χ3n) is 3.62. The van der Waals surface area contributed by atoms with Gasteiger partial charge in [-0.3, -0.25) is 4.79 Å². The number of carbonyl (C=O) groups is 2. The molecule has 0 saturated carbocycles. The lowest BCUT2D eigenvalue weighted by Crippen LogP contribution is -2.56. The van der Waals surface area contributed by atoms with Crippen LogP contribution in [0.25, 0.3) is 0 Å². The van der Waals surface area contributed by atoms with Crippen molar-refractivity contribution in [1.82, 2.24) is 15.6 Å². The van der Waals surface area contributed by atoms with Gasteiger partial charge in [-0.2, -0.15) is 0 Å². The Labute approximate surface area is 117 Å². The number of hydrogen-bond acceptors (Lipinski definition) is 4. The molecule has 1 aliphatic rings. The lowest BCUT2D eigenvalue weighted by Gasteiger charge is -2.33. The Morgan fingerprint density at radius 2 is 2.25 bits per heavy atom. The van der Waals surface area contributed by atoms with Crippen LogP contribution in [0.1, 0.15) is 42.2 Å². The minimum atomic E-state index is -1.06. The molecule has 1 unspecified atom stereocenters. The average Bonchev–Trinajstić information content (AvgIpc) is 2.46. The maximum Gasteiger partial charge on any atom is 0.354 e. The van der Waals surface area contributed by atoms with Gasteiger partial charge in [-0.25, -0.2) is 9.78 Å². The average molecular weight is 277 g/mol. The monoisotopic (exact) mass is 277 g/mol. The Morgan fingerprint density at radius 1 is 1.45 bits per heavy atom. The summed E-state index contributed by atoms with van der Waals surface area (Å²) in [6, 6.07) is 3.10. The highest BCUT2D eigenvalue weighted by Gasteiger charge is 2.33. The molecule has 0 spiro atoms. The molecule has 1 aromatic heterocycles. The fraction of sp³-hybridized carbons (Fsp3) is 0.500. The Balaban J connectivity index is 1.91. The first-order valence-corrected chi connectivity index (χ1v) is 6.73. The number of nitrogens with zero attached hydrogens (tertiary/aromatic N) is 1. The summed E-state index contributed by atoms with van der Waals surface area (Å²) in [4.78, 5) is 26.7. The summed E-state index contributed by atoms with van der Waals surface area (Å²) in [7, 11) is 0. The fourth-order valence-corrected chi connectivity index (χ4v) is 2.28. The van der Waals surface area contributed by atoms with E-state index in [1.165, 1.54) is 12.3 Å². The van der Waals surface area contributed by atoms with Crippen molar-refractivity contribution in [2.45, 2.75) is 38.3 Å². The predicted octanol–water partition coefficient (Wildman–Crippen LogP) is 0.928. The first kappa shape index (κ1) is 14.5. The summed E-state index contributed by atoms with van der Waals surface area (Å²) in [5.41, 5.74) is 0.274. The number of amides is 1. The van der Waals surface area contributed by atoms with Gasteiger partial charge in [0.1, 0.15) is 5.69 Å². The Hall–Kier alpha value is -1.95. The zero-order valence-electron chi connectivity index (χ0n) is 11.5. The van der Waals surface area contributed by atoms with Crippen LogP contribution in [-0.2, 0) is 11.3 Å². The van der Waals surface area contributed by atoms with Gasteiger partial charge in [-0.05, 0) is 44.4 Å². The van der Waals surface area contributed by atoms with Crippen LogP contribution in [0.5, 0.6) is 0 Å². The lowest BCUT2D eigenvalue weighted by atomic mass is 9.90. The summed E-state index contributed by atoms with van der Waals surface area (Å²) in [5.74, 6) is -1.08. The van der Waals surface area contributed by atoms with Gasteiger partial charge >= 0.3 is 5.97 Å². The summed E-state index contributed by atoms with van der Waals surface area (Å²) >= 11 is 0. The highest BCUT2D eigenvalue weighted by molar-refractivity contribution is 5.86. The number of carboxylic acids is 1. The van der Waals surface area contributed by atoms with Crippen LogP contribution in [0.3, 0.4) is 0 Å². The fourth-order valence-electron chi connectivity index (χ4n) is 2.28. The van der Waals surface area contributed by atoms with E-state index in [1.54, 1.807) is 6.07 Å². The van der Waals surface area contributed by atoms with Crippen LogP contribution >= 0.6 is 0 Å². The van der Waals surface area contributed by atoms with E-state index >= 15 is 0 Å². The number of aromatic nitrogens is 1. The van der Waals surface area contributed by atoms with Crippen LogP contribution in [0.4, 0.5) is 0 Å². The van der Waals surface area contributed by atoms with Crippen LogP contribution in [0, 0.1) is 0 Å². The number of pyridine rings is 1. The van der Waals surface area contributed by atoms with E-state index in [4.69, 9.17) is 5.11 Å². The first-order valence-electron chi connectivity index (χ1n) is 6.73. The van der Waals surface area contributed by atoms with Gasteiger partial charge in [0.05, 0.1) is 5.54 Å². The van der Waals surface area contributed by atoms with E-state index in [9.17, 15) is 9.59 Å². The van der Waals surface area contributed by atoms with Gasteiger partial charge in [0.15, 0.2) is 0 Å². The van der Waals surface area contributed by atoms with Crippen LogP contribution in [-0.4, -0.2) is 34.1 Å². The normalized spacial score (nSPS) is 22.2. The molecule has 1 amide bonds. The number of rotatable bonds is 4. The molecule has 6 heteroatoms. The zero-order valence-corrected chi connectivity index (χ0v) is 11.5. The standard InChI is InChI=1S/C14H19N3O3/c1-14(6-2-3-7-17-14)13(20)16-9-10-4-5-11(12(18)19)15-8-10/h4-5,8,17H,2-3,6-7,9H2,1H3,(H,16,20)(H,18,19). The van der Waals surface area contributed by atoms with Gasteiger partial charge in [0.25, 0.3) is 0 Å². The number of aromatic carboxylic acids is 1. The SMILES string of the molecule is CC1(C(=O)NCc2ccc(C(=O)O)nc2)CCCCN1. The number of carbonyl (C=O) groups excluding carboxylic acids is 1. The topological polar surface area (TPSA) is 91.3 Å². The predicted molar refractivity (Wildman–Crippen MR) is 73.3 cm³/mol. The zero-order chi connectivity index (χ0) is 14.6. The molecule has 0 radical (unpaired) electrons. The molecular formula is C14H19N3O3. The maximum atomic E-state index is 12.2. The van der Waals surface area contributed by atoms with E-state index in [0.717, 1.165) is 31.4 Å². The molecular weight excluding hydrogens is 258 g/mol. The van der Waals surface area contributed by atoms with Gasteiger partial charge in [0, 0.05) is 12.7 Å². The summed E-state index contributed by atoms with van der Waals surface area (Å²) in [5, 5.41) is 14.9. The Bertz CT molecular complexity index is 493.